The molecule has 0 radical (unpaired) electrons. The molecule has 1 saturated heterocycles. The van der Waals surface area contributed by atoms with Crippen LogP contribution in [0.1, 0.15) is 20.7 Å². The fourth-order valence-corrected chi connectivity index (χ4v) is 3.58. The Morgan fingerprint density at radius 2 is 1.54 bits per heavy atom. The van der Waals surface area contributed by atoms with Crippen LogP contribution in [0.25, 0.3) is 0 Å². The predicted molar refractivity (Wildman–Crippen MR) is 97.0 cm³/mol. The highest BCUT2D eigenvalue weighted by atomic mass is 19.1. The molecule has 28 heavy (non-hydrogen) atoms. The lowest BCUT2D eigenvalue weighted by molar-refractivity contribution is -0.131. The third-order valence-electron chi connectivity index (χ3n) is 5.07. The van der Waals surface area contributed by atoms with Gasteiger partial charge in [-0.1, -0.05) is 18.2 Å². The van der Waals surface area contributed by atoms with Crippen LogP contribution in [0, 0.1) is 11.6 Å². The highest BCUT2D eigenvalue weighted by Crippen LogP contribution is 2.25. The van der Waals surface area contributed by atoms with Crippen LogP contribution in [0.15, 0.2) is 42.5 Å². The minimum atomic E-state index is -0.795. The van der Waals surface area contributed by atoms with E-state index in [1.54, 1.807) is 18.2 Å². The van der Waals surface area contributed by atoms with Crippen molar-refractivity contribution in [3.05, 3.63) is 65.2 Å². The fourth-order valence-electron chi connectivity index (χ4n) is 3.58. The summed E-state index contributed by atoms with van der Waals surface area (Å²) in [7, 11) is 0. The molecule has 8 heteroatoms. The lowest BCUT2D eigenvalue weighted by Crippen LogP contribution is -2.52. The summed E-state index contributed by atoms with van der Waals surface area (Å²) in [6.07, 6.45) is 0. The van der Waals surface area contributed by atoms with E-state index in [2.05, 4.69) is 0 Å². The molecule has 0 saturated carbocycles. The van der Waals surface area contributed by atoms with Gasteiger partial charge in [-0.25, -0.2) is 8.78 Å². The van der Waals surface area contributed by atoms with Gasteiger partial charge in [-0.3, -0.25) is 19.3 Å². The quantitative estimate of drug-likeness (QED) is 0.758. The zero-order valence-electron chi connectivity index (χ0n) is 14.9. The number of hydrogen-bond acceptors (Lipinski definition) is 4. The Balaban J connectivity index is 1.41. The van der Waals surface area contributed by atoms with Crippen LogP contribution >= 0.6 is 0 Å². The van der Waals surface area contributed by atoms with Crippen molar-refractivity contribution < 1.29 is 23.2 Å². The van der Waals surface area contributed by atoms with Gasteiger partial charge in [0.25, 0.3) is 11.8 Å². The number of carbonyl (C=O) groups is 3. The zero-order chi connectivity index (χ0) is 19.8. The number of fused-ring (bicyclic) bond motifs is 1. The monoisotopic (exact) mass is 385 g/mol. The number of para-hydroxylation sites is 1. The summed E-state index contributed by atoms with van der Waals surface area (Å²) in [6, 6.07) is 10.3. The number of benzene rings is 2. The maximum atomic E-state index is 13.9. The first kappa shape index (κ1) is 18.1. The number of amides is 3. The van der Waals surface area contributed by atoms with Gasteiger partial charge < -0.3 is 9.80 Å². The van der Waals surface area contributed by atoms with Crippen LogP contribution < -0.4 is 4.90 Å². The topological polar surface area (TPSA) is 60.9 Å². The van der Waals surface area contributed by atoms with Gasteiger partial charge in [0, 0.05) is 26.2 Å². The molecule has 144 valence electrons. The largest absolute Gasteiger partial charge is 0.366 e. The number of anilines is 1. The Labute approximate surface area is 159 Å². The maximum absolute atomic E-state index is 13.9. The van der Waals surface area contributed by atoms with Crippen molar-refractivity contribution in [3.63, 3.8) is 0 Å². The Hall–Kier alpha value is -3.29. The molecule has 0 unspecified atom stereocenters. The third kappa shape index (κ3) is 3.00. The fraction of sp³-hybridized carbons (Fsp3) is 0.250. The van der Waals surface area contributed by atoms with Crippen molar-refractivity contribution in [1.29, 1.82) is 0 Å². The van der Waals surface area contributed by atoms with Crippen molar-refractivity contribution in [2.24, 2.45) is 0 Å². The van der Waals surface area contributed by atoms with Gasteiger partial charge >= 0.3 is 0 Å². The van der Waals surface area contributed by atoms with E-state index in [9.17, 15) is 23.2 Å². The molecule has 0 bridgehead atoms. The minimum absolute atomic E-state index is 0.0258. The van der Waals surface area contributed by atoms with Gasteiger partial charge in [-0.15, -0.1) is 0 Å². The Morgan fingerprint density at radius 3 is 2.21 bits per heavy atom. The summed E-state index contributed by atoms with van der Waals surface area (Å²) < 4.78 is 27.8. The van der Waals surface area contributed by atoms with E-state index in [1.165, 1.54) is 23.1 Å². The number of imide groups is 1. The van der Waals surface area contributed by atoms with E-state index in [4.69, 9.17) is 0 Å². The summed E-state index contributed by atoms with van der Waals surface area (Å²) in [5.74, 6) is -2.96. The second-order valence-electron chi connectivity index (χ2n) is 6.68. The number of nitrogens with zero attached hydrogens (tertiary/aromatic N) is 3. The van der Waals surface area contributed by atoms with E-state index >= 15 is 0 Å². The normalized spacial score (nSPS) is 16.6. The smallest absolute Gasteiger partial charge is 0.265 e. The highest BCUT2D eigenvalue weighted by Gasteiger charge is 2.39. The Bertz CT molecular complexity index is 971. The van der Waals surface area contributed by atoms with E-state index < -0.39 is 30.1 Å². The average Bonchev–Trinajstić information content (AvgIpc) is 2.94. The van der Waals surface area contributed by atoms with Crippen molar-refractivity contribution >= 4 is 23.4 Å². The molecule has 0 atom stereocenters. The molecule has 2 aliphatic rings. The summed E-state index contributed by atoms with van der Waals surface area (Å²) in [5, 5.41) is 0. The molecule has 1 fully saturated rings. The SMILES string of the molecule is O=C(CN1C(=O)c2cccc(F)c2C1=O)N1CCN(c2ccccc2F)CC1. The lowest BCUT2D eigenvalue weighted by Gasteiger charge is -2.36. The van der Waals surface area contributed by atoms with Crippen molar-refractivity contribution in [2.75, 3.05) is 37.6 Å². The summed E-state index contributed by atoms with van der Waals surface area (Å²) in [6.45, 7) is 1.10. The molecule has 2 aromatic rings. The van der Waals surface area contributed by atoms with E-state index in [0.29, 0.717) is 31.9 Å². The second kappa shape index (κ2) is 7.03. The van der Waals surface area contributed by atoms with Gasteiger partial charge in [0.15, 0.2) is 0 Å². The average molecular weight is 385 g/mol. The molecule has 6 nitrogen and oxygen atoms in total. The number of rotatable bonds is 3. The van der Waals surface area contributed by atoms with Gasteiger partial charge in [0.2, 0.25) is 5.91 Å². The number of halogens is 2. The van der Waals surface area contributed by atoms with E-state index in [-0.39, 0.29) is 16.9 Å². The molecule has 4 rings (SSSR count). The summed E-state index contributed by atoms with van der Waals surface area (Å²) >= 11 is 0. The number of hydrogen-bond donors (Lipinski definition) is 0. The van der Waals surface area contributed by atoms with Crippen molar-refractivity contribution in [1.82, 2.24) is 9.80 Å². The molecule has 2 aromatic carbocycles. The second-order valence-corrected chi connectivity index (χ2v) is 6.68. The lowest BCUT2D eigenvalue weighted by atomic mass is 10.1. The van der Waals surface area contributed by atoms with Crippen LogP contribution in [0.3, 0.4) is 0 Å². The van der Waals surface area contributed by atoms with Crippen LogP contribution in [0.4, 0.5) is 14.5 Å². The van der Waals surface area contributed by atoms with Crippen molar-refractivity contribution in [2.45, 2.75) is 0 Å². The van der Waals surface area contributed by atoms with Crippen LogP contribution in [0.2, 0.25) is 0 Å². The van der Waals surface area contributed by atoms with Crippen LogP contribution in [-0.4, -0.2) is 60.2 Å². The molecule has 0 spiro atoms. The maximum Gasteiger partial charge on any atom is 0.265 e. The number of piperazine rings is 1. The van der Waals surface area contributed by atoms with E-state index in [1.807, 2.05) is 4.90 Å². The van der Waals surface area contributed by atoms with Gasteiger partial charge in [0.1, 0.15) is 18.2 Å². The summed E-state index contributed by atoms with van der Waals surface area (Å²) in [5.41, 5.74) is 0.164. The standard InChI is InChI=1S/C20H17F2N3O3/c21-14-5-1-2-7-16(14)23-8-10-24(11-9-23)17(26)12-25-19(27)13-4-3-6-15(22)18(13)20(25)28/h1-7H,8-12H2. The Kier molecular flexibility index (Phi) is 4.54. The molecular weight excluding hydrogens is 368 g/mol. The molecule has 3 amide bonds. The molecule has 2 aliphatic heterocycles. The third-order valence-corrected chi connectivity index (χ3v) is 5.07. The molecule has 0 aromatic heterocycles. The molecular formula is C20H17F2N3O3. The summed E-state index contributed by atoms with van der Waals surface area (Å²) in [4.78, 5) is 41.5. The van der Waals surface area contributed by atoms with Crippen molar-refractivity contribution in [3.8, 4) is 0 Å². The number of carbonyl (C=O) groups excluding carboxylic acids is 3. The Morgan fingerprint density at radius 1 is 0.857 bits per heavy atom. The molecule has 2 heterocycles. The van der Waals surface area contributed by atoms with E-state index in [0.717, 1.165) is 11.0 Å². The van der Waals surface area contributed by atoms with Gasteiger partial charge in [-0.2, -0.15) is 0 Å². The van der Waals surface area contributed by atoms with Gasteiger partial charge in [0.05, 0.1) is 16.8 Å². The first-order valence-corrected chi connectivity index (χ1v) is 8.89. The molecule has 0 N–H and O–H groups in total. The van der Waals surface area contributed by atoms with Gasteiger partial charge in [-0.05, 0) is 24.3 Å². The van der Waals surface area contributed by atoms with Crippen LogP contribution in [0.5, 0.6) is 0 Å². The van der Waals surface area contributed by atoms with Crippen LogP contribution in [-0.2, 0) is 4.79 Å². The zero-order valence-corrected chi connectivity index (χ0v) is 14.9. The highest BCUT2D eigenvalue weighted by molar-refractivity contribution is 6.22. The minimum Gasteiger partial charge on any atom is -0.366 e. The first-order chi connectivity index (χ1) is 13.5. The molecule has 0 aliphatic carbocycles. The first-order valence-electron chi connectivity index (χ1n) is 8.89. The predicted octanol–water partition coefficient (Wildman–Crippen LogP) is 1.91.